The Balaban J connectivity index is 2.08. The second-order valence-corrected chi connectivity index (χ2v) is 6.09. The van der Waals surface area contributed by atoms with Crippen LogP contribution in [0.15, 0.2) is 18.2 Å². The molecule has 128 valence electrons. The number of nitrogens with one attached hydrogen (secondary N) is 1. The van der Waals surface area contributed by atoms with E-state index >= 15 is 0 Å². The Morgan fingerprint density at radius 2 is 2.22 bits per heavy atom. The summed E-state index contributed by atoms with van der Waals surface area (Å²) in [4.78, 5) is 11.0. The second-order valence-electron chi connectivity index (χ2n) is 4.95. The van der Waals surface area contributed by atoms with Crippen LogP contribution < -0.4 is 10.1 Å². The van der Waals surface area contributed by atoms with E-state index in [2.05, 4.69) is 10.1 Å². The monoisotopic (exact) mass is 351 g/mol. The van der Waals surface area contributed by atoms with Crippen molar-refractivity contribution in [1.29, 1.82) is 0 Å². The van der Waals surface area contributed by atoms with Gasteiger partial charge >= 0.3 is 12.1 Å². The molecule has 0 amide bonds. The Labute approximate surface area is 135 Å². The maximum Gasteiger partial charge on any atom is 0.411 e. The van der Waals surface area contributed by atoms with Crippen molar-refractivity contribution in [3.63, 3.8) is 0 Å². The Morgan fingerprint density at radius 3 is 2.78 bits per heavy atom. The third-order valence-electron chi connectivity index (χ3n) is 3.21. The molecule has 9 heteroatoms. The number of halogens is 3. The van der Waals surface area contributed by atoms with Crippen molar-refractivity contribution >= 4 is 17.7 Å². The fourth-order valence-corrected chi connectivity index (χ4v) is 3.38. The van der Waals surface area contributed by atoms with Gasteiger partial charge in [-0.15, -0.1) is 11.8 Å². The van der Waals surface area contributed by atoms with Gasteiger partial charge in [-0.25, -0.2) is 0 Å². The van der Waals surface area contributed by atoms with E-state index < -0.39 is 24.8 Å². The minimum Gasteiger partial charge on any atom is -0.496 e. The summed E-state index contributed by atoms with van der Waals surface area (Å²) >= 11 is 1.43. The van der Waals surface area contributed by atoms with Gasteiger partial charge in [-0.2, -0.15) is 13.2 Å². The predicted octanol–water partition coefficient (Wildman–Crippen LogP) is 2.56. The van der Waals surface area contributed by atoms with Gasteiger partial charge in [0.15, 0.2) is 0 Å². The molecule has 5 nitrogen and oxygen atoms in total. The van der Waals surface area contributed by atoms with Crippen molar-refractivity contribution < 1.29 is 32.5 Å². The molecule has 1 aliphatic heterocycles. The van der Waals surface area contributed by atoms with Crippen molar-refractivity contribution in [1.82, 2.24) is 5.32 Å². The molecule has 1 saturated heterocycles. The molecule has 2 rings (SSSR count). The molecule has 23 heavy (non-hydrogen) atoms. The van der Waals surface area contributed by atoms with Gasteiger partial charge in [0, 0.05) is 11.3 Å². The van der Waals surface area contributed by atoms with Crippen LogP contribution in [0.2, 0.25) is 0 Å². The topological polar surface area (TPSA) is 67.8 Å². The number of alkyl halides is 3. The van der Waals surface area contributed by atoms with Gasteiger partial charge < -0.3 is 14.6 Å². The summed E-state index contributed by atoms with van der Waals surface area (Å²) in [5.74, 6) is -0.0812. The normalized spacial score (nSPS) is 21.4. The number of rotatable bonds is 6. The molecular weight excluding hydrogens is 335 g/mol. The quantitative estimate of drug-likeness (QED) is 0.821. The summed E-state index contributed by atoms with van der Waals surface area (Å²) in [6.45, 7) is -1.58. The number of hydrogen-bond donors (Lipinski definition) is 2. The van der Waals surface area contributed by atoms with Gasteiger partial charge in [-0.05, 0) is 17.7 Å². The van der Waals surface area contributed by atoms with Crippen LogP contribution in [-0.2, 0) is 16.1 Å². The predicted molar refractivity (Wildman–Crippen MR) is 78.5 cm³/mol. The van der Waals surface area contributed by atoms with Gasteiger partial charge in [-0.1, -0.05) is 6.07 Å². The largest absolute Gasteiger partial charge is 0.496 e. The van der Waals surface area contributed by atoms with Crippen LogP contribution in [0, 0.1) is 0 Å². The van der Waals surface area contributed by atoms with E-state index in [0.29, 0.717) is 17.1 Å². The van der Waals surface area contributed by atoms with Crippen molar-refractivity contribution in [2.75, 3.05) is 19.5 Å². The molecule has 1 heterocycles. The van der Waals surface area contributed by atoms with Gasteiger partial charge in [0.05, 0.1) is 19.1 Å². The van der Waals surface area contributed by atoms with Crippen LogP contribution in [0.25, 0.3) is 0 Å². The zero-order valence-electron chi connectivity index (χ0n) is 12.2. The zero-order chi connectivity index (χ0) is 17.0. The second kappa shape index (κ2) is 7.41. The summed E-state index contributed by atoms with van der Waals surface area (Å²) in [5.41, 5.74) is 1.25. The average Bonchev–Trinajstić information content (AvgIpc) is 2.96. The van der Waals surface area contributed by atoms with Gasteiger partial charge in [0.2, 0.25) is 0 Å². The molecule has 0 unspecified atom stereocenters. The maximum absolute atomic E-state index is 12.2. The van der Waals surface area contributed by atoms with Crippen LogP contribution in [0.1, 0.15) is 16.5 Å². The zero-order valence-corrected chi connectivity index (χ0v) is 13.0. The lowest BCUT2D eigenvalue weighted by molar-refractivity contribution is -0.176. The Kier molecular flexibility index (Phi) is 5.77. The van der Waals surface area contributed by atoms with Crippen molar-refractivity contribution in [3.8, 4) is 5.75 Å². The summed E-state index contributed by atoms with van der Waals surface area (Å²) in [6.07, 6.45) is -4.39. The molecule has 0 aromatic heterocycles. The molecule has 1 fully saturated rings. The average molecular weight is 351 g/mol. The van der Waals surface area contributed by atoms with E-state index in [1.807, 2.05) is 0 Å². The molecule has 0 radical (unpaired) electrons. The molecule has 0 bridgehead atoms. The number of carboxylic acid groups (broad SMARTS) is 1. The highest BCUT2D eigenvalue weighted by Gasteiger charge is 2.31. The third kappa shape index (κ3) is 5.02. The summed E-state index contributed by atoms with van der Waals surface area (Å²) in [6, 6.07) is 4.42. The molecule has 1 aromatic carbocycles. The first kappa shape index (κ1) is 17.9. The Bertz CT molecular complexity index is 567. The fraction of sp³-hybridized carbons (Fsp3) is 0.500. The number of ether oxygens (including phenoxy) is 2. The molecule has 0 aliphatic carbocycles. The summed E-state index contributed by atoms with van der Waals surface area (Å²) in [7, 11) is 1.42. The van der Waals surface area contributed by atoms with Gasteiger partial charge in [-0.3, -0.25) is 10.1 Å². The number of carboxylic acids is 1. The van der Waals surface area contributed by atoms with Crippen LogP contribution in [0.5, 0.6) is 5.75 Å². The molecule has 1 aliphatic rings. The molecule has 1 aromatic rings. The highest BCUT2D eigenvalue weighted by atomic mass is 32.2. The van der Waals surface area contributed by atoms with Gasteiger partial charge in [0.1, 0.15) is 18.4 Å². The molecular formula is C14H16F3NO4S. The van der Waals surface area contributed by atoms with Gasteiger partial charge in [0.25, 0.3) is 0 Å². The molecule has 0 spiro atoms. The van der Waals surface area contributed by atoms with Crippen molar-refractivity contribution in [2.24, 2.45) is 0 Å². The lowest BCUT2D eigenvalue weighted by atomic mass is 10.1. The van der Waals surface area contributed by atoms with Crippen molar-refractivity contribution in [2.45, 2.75) is 24.2 Å². The number of thioether (sulfide) groups is 1. The van der Waals surface area contributed by atoms with E-state index in [1.54, 1.807) is 18.2 Å². The minimum atomic E-state index is -4.39. The summed E-state index contributed by atoms with van der Waals surface area (Å²) in [5, 5.41) is 11.7. The first-order valence-electron chi connectivity index (χ1n) is 6.72. The van der Waals surface area contributed by atoms with Crippen LogP contribution in [0.3, 0.4) is 0 Å². The lowest BCUT2D eigenvalue weighted by Gasteiger charge is -2.16. The third-order valence-corrected chi connectivity index (χ3v) is 4.48. The molecule has 0 saturated carbocycles. The Hall–Kier alpha value is -1.45. The maximum atomic E-state index is 12.2. The number of benzene rings is 1. The van der Waals surface area contributed by atoms with E-state index in [9.17, 15) is 18.0 Å². The fourth-order valence-electron chi connectivity index (χ4n) is 2.16. The highest BCUT2D eigenvalue weighted by Crippen LogP contribution is 2.35. The van der Waals surface area contributed by atoms with E-state index in [-0.39, 0.29) is 12.0 Å². The standard InChI is InChI=1S/C14H16F3NO4S/c1-21-11-3-2-8(12-18-10(6-23-12)13(19)20)4-9(11)5-22-7-14(15,16)17/h2-4,10,12,18H,5-7H2,1H3,(H,19,20)/t10-,12-/m0/s1. The number of carbonyl (C=O) groups is 1. The van der Waals surface area contributed by atoms with Crippen molar-refractivity contribution in [3.05, 3.63) is 29.3 Å². The van der Waals surface area contributed by atoms with E-state index in [0.717, 1.165) is 5.56 Å². The lowest BCUT2D eigenvalue weighted by Crippen LogP contribution is -2.33. The van der Waals surface area contributed by atoms with E-state index in [1.165, 1.54) is 18.9 Å². The van der Waals surface area contributed by atoms with Crippen LogP contribution in [0.4, 0.5) is 13.2 Å². The molecule has 2 atom stereocenters. The van der Waals surface area contributed by atoms with Crippen LogP contribution >= 0.6 is 11.8 Å². The number of aliphatic carboxylic acids is 1. The Morgan fingerprint density at radius 1 is 1.48 bits per heavy atom. The van der Waals surface area contributed by atoms with E-state index in [4.69, 9.17) is 9.84 Å². The number of methoxy groups -OCH3 is 1. The minimum absolute atomic E-state index is 0.233. The SMILES string of the molecule is COc1ccc([C@H]2N[C@H](C(=O)O)CS2)cc1COCC(F)(F)F. The first-order valence-corrected chi connectivity index (χ1v) is 7.77. The highest BCUT2D eigenvalue weighted by molar-refractivity contribution is 7.99. The smallest absolute Gasteiger partial charge is 0.411 e. The summed E-state index contributed by atoms with van der Waals surface area (Å²) < 4.78 is 46.3. The number of hydrogen-bond acceptors (Lipinski definition) is 5. The molecule has 2 N–H and O–H groups in total. The first-order chi connectivity index (χ1) is 10.8. The van der Waals surface area contributed by atoms with Crippen LogP contribution in [-0.4, -0.2) is 42.8 Å².